The van der Waals surface area contributed by atoms with Crippen molar-refractivity contribution < 1.29 is 24.5 Å². The van der Waals surface area contributed by atoms with Crippen molar-refractivity contribution in [1.29, 1.82) is 0 Å². The molecule has 0 unspecified atom stereocenters. The lowest BCUT2D eigenvalue weighted by molar-refractivity contribution is -0.147. The van der Waals surface area contributed by atoms with E-state index in [1.54, 1.807) is 6.08 Å². The van der Waals surface area contributed by atoms with Crippen LogP contribution >= 0.6 is 0 Å². The molecular weight excluding hydrogens is 344 g/mol. The highest BCUT2D eigenvalue weighted by molar-refractivity contribution is 5.92. The molecule has 148 valence electrons. The molecule has 27 heavy (non-hydrogen) atoms. The number of aliphatic hydroxyl groups is 2. The van der Waals surface area contributed by atoms with Crippen LogP contribution in [0.4, 0.5) is 0 Å². The molecule has 1 aliphatic heterocycles. The zero-order valence-electron chi connectivity index (χ0n) is 16.1. The first kappa shape index (κ1) is 19.9. The van der Waals surface area contributed by atoms with E-state index in [9.17, 15) is 19.8 Å². The average molecular weight is 374 g/mol. The van der Waals surface area contributed by atoms with Gasteiger partial charge in [-0.2, -0.15) is 0 Å². The largest absolute Gasteiger partial charge is 0.512 e. The molecule has 1 fully saturated rings. The summed E-state index contributed by atoms with van der Waals surface area (Å²) in [6.07, 6.45) is 7.62. The lowest BCUT2D eigenvalue weighted by Gasteiger charge is -2.38. The third kappa shape index (κ3) is 3.88. The highest BCUT2D eigenvalue weighted by Crippen LogP contribution is 2.50. The van der Waals surface area contributed by atoms with E-state index in [4.69, 9.17) is 4.74 Å². The van der Waals surface area contributed by atoms with Crippen LogP contribution in [0.25, 0.3) is 0 Å². The lowest BCUT2D eigenvalue weighted by atomic mass is 9.67. The van der Waals surface area contributed by atoms with Gasteiger partial charge in [-0.05, 0) is 43.4 Å². The van der Waals surface area contributed by atoms with Gasteiger partial charge in [0.1, 0.15) is 17.6 Å². The summed E-state index contributed by atoms with van der Waals surface area (Å²) < 4.78 is 5.50. The Balaban J connectivity index is 1.94. The highest BCUT2D eigenvalue weighted by Gasteiger charge is 2.48. The number of Topliss-reactive ketones (excluding diaryl/α,β-unsaturated/α-hetero) is 1. The minimum absolute atomic E-state index is 0.0246. The molecular formula is C22H30O5. The maximum Gasteiger partial charge on any atom is 0.338 e. The molecule has 0 saturated heterocycles. The van der Waals surface area contributed by atoms with Gasteiger partial charge in [0.25, 0.3) is 0 Å². The van der Waals surface area contributed by atoms with E-state index in [2.05, 4.69) is 12.7 Å². The van der Waals surface area contributed by atoms with Crippen LogP contribution in [0.1, 0.15) is 46.0 Å². The molecule has 0 amide bonds. The second-order valence-electron chi connectivity index (χ2n) is 8.40. The van der Waals surface area contributed by atoms with Crippen molar-refractivity contribution in [2.75, 3.05) is 0 Å². The van der Waals surface area contributed by atoms with E-state index >= 15 is 0 Å². The Morgan fingerprint density at radius 1 is 1.44 bits per heavy atom. The third-order valence-electron chi connectivity index (χ3n) is 6.47. The Hall–Kier alpha value is -1.88. The van der Waals surface area contributed by atoms with Gasteiger partial charge in [-0.15, -0.1) is 6.58 Å². The molecule has 0 radical (unpaired) electrons. The number of hydrogen-bond donors (Lipinski definition) is 2. The first-order valence-electron chi connectivity index (χ1n) is 9.91. The number of ether oxygens (including phenoxy) is 1. The van der Waals surface area contributed by atoms with Crippen LogP contribution in [0, 0.1) is 29.6 Å². The van der Waals surface area contributed by atoms with Gasteiger partial charge in [0, 0.05) is 25.2 Å². The highest BCUT2D eigenvalue weighted by atomic mass is 16.5. The third-order valence-corrected chi connectivity index (χ3v) is 6.47. The van der Waals surface area contributed by atoms with Gasteiger partial charge in [-0.3, -0.25) is 0 Å². The monoisotopic (exact) mass is 374 g/mol. The number of aliphatic hydroxyl groups excluding tert-OH is 2. The standard InChI is InChI=1S/C22H30O5/c1-4-6-14-11-19(24)20(22(26)27-14)18(10-13(3)23)15-7-5-8-16-17(15)9-12(2)21(16)25/h4-5,7,12,14-18,21,24-25H,1,6,8-11H2,2-3H3/t12-,14-,15+,16+,17-,18-,21-/m1/s1. The van der Waals surface area contributed by atoms with Crippen LogP contribution in [-0.2, 0) is 14.3 Å². The van der Waals surface area contributed by atoms with E-state index in [0.29, 0.717) is 6.42 Å². The number of esters is 1. The molecule has 0 aromatic rings. The summed E-state index contributed by atoms with van der Waals surface area (Å²) >= 11 is 0. The van der Waals surface area contributed by atoms with Crippen LogP contribution in [0.5, 0.6) is 0 Å². The molecule has 1 heterocycles. The van der Waals surface area contributed by atoms with Crippen molar-refractivity contribution in [2.45, 2.75) is 58.2 Å². The molecule has 5 nitrogen and oxygen atoms in total. The van der Waals surface area contributed by atoms with Crippen LogP contribution < -0.4 is 0 Å². The molecule has 2 N–H and O–H groups in total. The molecule has 0 bridgehead atoms. The van der Waals surface area contributed by atoms with Crippen LogP contribution in [0.3, 0.4) is 0 Å². The number of rotatable bonds is 6. The van der Waals surface area contributed by atoms with E-state index in [1.165, 1.54) is 6.92 Å². The molecule has 0 aromatic heterocycles. The molecule has 1 saturated carbocycles. The Labute approximate surface area is 160 Å². The number of ketones is 1. The fraction of sp³-hybridized carbons (Fsp3) is 0.636. The fourth-order valence-corrected chi connectivity index (χ4v) is 5.27. The summed E-state index contributed by atoms with van der Waals surface area (Å²) in [5, 5.41) is 21.2. The fourth-order valence-electron chi connectivity index (χ4n) is 5.27. The number of carbonyl (C=O) groups excluding carboxylic acids is 2. The second-order valence-corrected chi connectivity index (χ2v) is 8.40. The van der Waals surface area contributed by atoms with Gasteiger partial charge in [0.2, 0.25) is 0 Å². The summed E-state index contributed by atoms with van der Waals surface area (Å²) in [5.41, 5.74) is 0.245. The zero-order chi connectivity index (χ0) is 19.7. The Kier molecular flexibility index (Phi) is 5.89. The summed E-state index contributed by atoms with van der Waals surface area (Å²) in [5.74, 6) is -0.468. The molecule has 5 heteroatoms. The van der Waals surface area contributed by atoms with Gasteiger partial charge in [-0.25, -0.2) is 4.79 Å². The minimum Gasteiger partial charge on any atom is -0.512 e. The topological polar surface area (TPSA) is 83.8 Å². The summed E-state index contributed by atoms with van der Waals surface area (Å²) in [6, 6.07) is 0. The molecule has 3 rings (SSSR count). The Morgan fingerprint density at radius 2 is 2.19 bits per heavy atom. The van der Waals surface area contributed by atoms with Crippen LogP contribution in [0.2, 0.25) is 0 Å². The maximum atomic E-state index is 12.7. The van der Waals surface area contributed by atoms with Gasteiger partial charge in [0.15, 0.2) is 0 Å². The number of carbonyl (C=O) groups is 2. The molecule has 3 aliphatic rings. The minimum atomic E-state index is -0.529. The second kappa shape index (κ2) is 8.01. The molecule has 2 aliphatic carbocycles. The number of cyclic esters (lactones) is 1. The smallest absolute Gasteiger partial charge is 0.338 e. The summed E-state index contributed by atoms with van der Waals surface area (Å²) in [7, 11) is 0. The van der Waals surface area contributed by atoms with Crippen molar-refractivity contribution in [3.8, 4) is 0 Å². The lowest BCUT2D eigenvalue weighted by Crippen LogP contribution is -2.37. The molecule has 0 spiro atoms. The predicted molar refractivity (Wildman–Crippen MR) is 102 cm³/mol. The van der Waals surface area contributed by atoms with Crippen molar-refractivity contribution >= 4 is 11.8 Å². The predicted octanol–water partition coefficient (Wildman–Crippen LogP) is 3.49. The van der Waals surface area contributed by atoms with E-state index < -0.39 is 18.0 Å². The zero-order valence-corrected chi connectivity index (χ0v) is 16.1. The van der Waals surface area contributed by atoms with E-state index in [0.717, 1.165) is 12.8 Å². The van der Waals surface area contributed by atoms with Crippen LogP contribution in [-0.4, -0.2) is 34.2 Å². The van der Waals surface area contributed by atoms with Crippen molar-refractivity contribution in [1.82, 2.24) is 0 Å². The Bertz CT molecular complexity index is 676. The molecule has 7 atom stereocenters. The quantitative estimate of drug-likeness (QED) is 0.549. The van der Waals surface area contributed by atoms with Gasteiger partial charge in [-0.1, -0.05) is 25.2 Å². The maximum absolute atomic E-state index is 12.7. The van der Waals surface area contributed by atoms with E-state index in [1.807, 2.05) is 13.0 Å². The first-order valence-corrected chi connectivity index (χ1v) is 9.91. The molecule has 0 aromatic carbocycles. The Morgan fingerprint density at radius 3 is 2.81 bits per heavy atom. The van der Waals surface area contributed by atoms with Crippen molar-refractivity contribution in [3.05, 3.63) is 36.1 Å². The normalized spacial score (nSPS) is 36.9. The van der Waals surface area contributed by atoms with Crippen LogP contribution in [0.15, 0.2) is 36.1 Å². The number of hydrogen-bond acceptors (Lipinski definition) is 5. The van der Waals surface area contributed by atoms with E-state index in [-0.39, 0.29) is 59.7 Å². The van der Waals surface area contributed by atoms with Gasteiger partial charge >= 0.3 is 5.97 Å². The SMILES string of the molecule is C=CC[C@@H]1CC(O)=C([C@H](CC(C)=O)[C@H]2C=CC[C@@H]3[C@H](O)[C@H](C)C[C@H]23)C(=O)O1. The number of fused-ring (bicyclic) bond motifs is 1. The van der Waals surface area contributed by atoms with Gasteiger partial charge in [0.05, 0.1) is 11.7 Å². The summed E-state index contributed by atoms with van der Waals surface area (Å²) in [4.78, 5) is 24.7. The van der Waals surface area contributed by atoms with Crippen molar-refractivity contribution in [3.63, 3.8) is 0 Å². The average Bonchev–Trinajstić information content (AvgIpc) is 2.88. The van der Waals surface area contributed by atoms with Gasteiger partial charge < -0.3 is 19.7 Å². The number of allylic oxidation sites excluding steroid dienone is 2. The van der Waals surface area contributed by atoms with Crippen molar-refractivity contribution in [2.24, 2.45) is 29.6 Å². The first-order chi connectivity index (χ1) is 12.8. The summed E-state index contributed by atoms with van der Waals surface area (Å²) in [6.45, 7) is 7.21.